The Morgan fingerprint density at radius 2 is 1.67 bits per heavy atom. The molecule has 1 unspecified atom stereocenters. The minimum atomic E-state index is -0.293. The molecule has 2 N–H and O–H groups in total. The van der Waals surface area contributed by atoms with Gasteiger partial charge in [0.25, 0.3) is 0 Å². The van der Waals surface area contributed by atoms with Gasteiger partial charge in [-0.2, -0.15) is 0 Å². The second-order valence-electron chi connectivity index (χ2n) is 3.85. The number of hydrogen-bond acceptors (Lipinski definition) is 2. The SMILES string of the molecule is NCC(Oc1ccc(F)cc1)c1ccc(Cl)cc1. The van der Waals surface area contributed by atoms with Gasteiger partial charge in [0.2, 0.25) is 0 Å². The molecule has 0 saturated heterocycles. The Balaban J connectivity index is 2.14. The van der Waals surface area contributed by atoms with Crippen LogP contribution in [0.25, 0.3) is 0 Å². The van der Waals surface area contributed by atoms with Crippen molar-refractivity contribution in [2.75, 3.05) is 6.54 Å². The highest BCUT2D eigenvalue weighted by molar-refractivity contribution is 6.30. The third-order valence-corrected chi connectivity index (χ3v) is 2.80. The molecular formula is C14H13ClFNO. The second-order valence-corrected chi connectivity index (χ2v) is 4.28. The first-order valence-corrected chi connectivity index (χ1v) is 5.94. The van der Waals surface area contributed by atoms with Crippen molar-refractivity contribution in [3.63, 3.8) is 0 Å². The summed E-state index contributed by atoms with van der Waals surface area (Å²) in [6.45, 7) is 0.332. The van der Waals surface area contributed by atoms with Crippen LogP contribution in [-0.2, 0) is 0 Å². The van der Waals surface area contributed by atoms with Crippen molar-refractivity contribution in [1.82, 2.24) is 0 Å². The summed E-state index contributed by atoms with van der Waals surface area (Å²) in [6, 6.07) is 13.2. The summed E-state index contributed by atoms with van der Waals surface area (Å²) in [7, 11) is 0. The zero-order valence-corrected chi connectivity index (χ0v) is 10.4. The number of benzene rings is 2. The molecule has 4 heteroatoms. The van der Waals surface area contributed by atoms with Gasteiger partial charge in [0, 0.05) is 11.6 Å². The summed E-state index contributed by atoms with van der Waals surface area (Å²) in [5.74, 6) is 0.292. The molecule has 0 aliphatic rings. The van der Waals surface area contributed by atoms with E-state index in [2.05, 4.69) is 0 Å². The molecule has 0 aliphatic heterocycles. The van der Waals surface area contributed by atoms with Crippen molar-refractivity contribution in [1.29, 1.82) is 0 Å². The Morgan fingerprint density at radius 1 is 1.06 bits per heavy atom. The van der Waals surface area contributed by atoms with E-state index in [0.29, 0.717) is 17.3 Å². The molecule has 0 bridgehead atoms. The minimum Gasteiger partial charge on any atom is -0.484 e. The van der Waals surface area contributed by atoms with Crippen LogP contribution in [0, 0.1) is 5.82 Å². The van der Waals surface area contributed by atoms with E-state index >= 15 is 0 Å². The maximum atomic E-state index is 12.8. The van der Waals surface area contributed by atoms with E-state index in [-0.39, 0.29) is 11.9 Å². The summed E-state index contributed by atoms with van der Waals surface area (Å²) >= 11 is 5.82. The first-order chi connectivity index (χ1) is 8.69. The molecule has 2 aromatic rings. The molecule has 0 radical (unpaired) electrons. The first kappa shape index (κ1) is 12.9. The van der Waals surface area contributed by atoms with Gasteiger partial charge in [-0.15, -0.1) is 0 Å². The number of rotatable bonds is 4. The van der Waals surface area contributed by atoms with Crippen molar-refractivity contribution in [3.05, 3.63) is 64.9 Å². The molecule has 18 heavy (non-hydrogen) atoms. The van der Waals surface area contributed by atoms with E-state index in [1.165, 1.54) is 12.1 Å². The lowest BCUT2D eigenvalue weighted by Crippen LogP contribution is -2.18. The van der Waals surface area contributed by atoms with Gasteiger partial charge in [-0.25, -0.2) is 4.39 Å². The number of nitrogens with two attached hydrogens (primary N) is 1. The van der Waals surface area contributed by atoms with E-state index in [9.17, 15) is 4.39 Å². The highest BCUT2D eigenvalue weighted by Crippen LogP contribution is 2.22. The van der Waals surface area contributed by atoms with Crippen LogP contribution < -0.4 is 10.5 Å². The van der Waals surface area contributed by atoms with Gasteiger partial charge in [0.1, 0.15) is 17.7 Å². The maximum Gasteiger partial charge on any atom is 0.136 e. The predicted molar refractivity (Wildman–Crippen MR) is 70.3 cm³/mol. The molecule has 0 amide bonds. The second kappa shape index (κ2) is 5.85. The van der Waals surface area contributed by atoms with Crippen molar-refractivity contribution >= 4 is 11.6 Å². The molecule has 2 nitrogen and oxygen atoms in total. The normalized spacial score (nSPS) is 12.2. The fourth-order valence-corrected chi connectivity index (χ4v) is 1.73. The summed E-state index contributed by atoms with van der Waals surface area (Å²) in [5.41, 5.74) is 6.62. The van der Waals surface area contributed by atoms with Crippen LogP contribution in [-0.4, -0.2) is 6.54 Å². The third kappa shape index (κ3) is 3.22. The third-order valence-electron chi connectivity index (χ3n) is 2.55. The number of halogens is 2. The average molecular weight is 266 g/mol. The van der Waals surface area contributed by atoms with E-state index in [0.717, 1.165) is 5.56 Å². The van der Waals surface area contributed by atoms with E-state index in [1.54, 1.807) is 24.3 Å². The summed E-state index contributed by atoms with van der Waals surface area (Å²) < 4.78 is 18.5. The molecule has 2 aromatic carbocycles. The Morgan fingerprint density at radius 3 is 2.22 bits per heavy atom. The molecule has 0 aliphatic carbocycles. The molecule has 0 heterocycles. The summed E-state index contributed by atoms with van der Waals surface area (Å²) in [6.07, 6.45) is -0.271. The molecule has 0 spiro atoms. The monoisotopic (exact) mass is 265 g/mol. The Kier molecular flexibility index (Phi) is 4.18. The minimum absolute atomic E-state index is 0.271. The number of ether oxygens (including phenoxy) is 1. The van der Waals surface area contributed by atoms with Crippen LogP contribution in [0.4, 0.5) is 4.39 Å². The molecule has 2 rings (SSSR count). The fourth-order valence-electron chi connectivity index (χ4n) is 1.61. The Labute approximate surface area is 110 Å². The molecule has 0 saturated carbocycles. The van der Waals surface area contributed by atoms with Crippen LogP contribution in [0.2, 0.25) is 5.02 Å². The van der Waals surface area contributed by atoms with Crippen molar-refractivity contribution in [3.8, 4) is 5.75 Å². The van der Waals surface area contributed by atoms with Crippen LogP contribution in [0.15, 0.2) is 48.5 Å². The van der Waals surface area contributed by atoms with Crippen molar-refractivity contribution < 1.29 is 9.13 Å². The van der Waals surface area contributed by atoms with Gasteiger partial charge in [-0.3, -0.25) is 0 Å². The Hall–Kier alpha value is -1.58. The first-order valence-electron chi connectivity index (χ1n) is 5.57. The zero-order valence-electron chi connectivity index (χ0n) is 9.64. The van der Waals surface area contributed by atoms with Crippen LogP contribution in [0.3, 0.4) is 0 Å². The lowest BCUT2D eigenvalue weighted by atomic mass is 10.1. The Bertz CT molecular complexity index is 498. The van der Waals surface area contributed by atoms with Crippen molar-refractivity contribution in [2.24, 2.45) is 5.73 Å². The lowest BCUT2D eigenvalue weighted by Gasteiger charge is -2.17. The van der Waals surface area contributed by atoms with Gasteiger partial charge in [0.15, 0.2) is 0 Å². The molecule has 0 aromatic heterocycles. The van der Waals surface area contributed by atoms with Crippen LogP contribution in [0.1, 0.15) is 11.7 Å². The highest BCUT2D eigenvalue weighted by Gasteiger charge is 2.11. The van der Waals surface area contributed by atoms with E-state index in [4.69, 9.17) is 22.1 Å². The molecule has 1 atom stereocenters. The van der Waals surface area contributed by atoms with E-state index < -0.39 is 0 Å². The largest absolute Gasteiger partial charge is 0.484 e. The average Bonchev–Trinajstić information content (AvgIpc) is 2.39. The molecule has 94 valence electrons. The highest BCUT2D eigenvalue weighted by atomic mass is 35.5. The predicted octanol–water partition coefficient (Wildman–Crippen LogP) is 3.56. The van der Waals surface area contributed by atoms with Gasteiger partial charge in [-0.05, 0) is 42.0 Å². The summed E-state index contributed by atoms with van der Waals surface area (Å²) in [5, 5.41) is 0.663. The van der Waals surface area contributed by atoms with Gasteiger partial charge in [0.05, 0.1) is 0 Å². The summed E-state index contributed by atoms with van der Waals surface area (Å²) in [4.78, 5) is 0. The topological polar surface area (TPSA) is 35.2 Å². The lowest BCUT2D eigenvalue weighted by molar-refractivity contribution is 0.214. The fraction of sp³-hybridized carbons (Fsp3) is 0.143. The van der Waals surface area contributed by atoms with Crippen LogP contribution >= 0.6 is 11.6 Å². The van der Waals surface area contributed by atoms with Crippen LogP contribution in [0.5, 0.6) is 5.75 Å². The number of hydrogen-bond donors (Lipinski definition) is 1. The van der Waals surface area contributed by atoms with Gasteiger partial charge in [-0.1, -0.05) is 23.7 Å². The van der Waals surface area contributed by atoms with Gasteiger partial charge >= 0.3 is 0 Å². The maximum absolute atomic E-state index is 12.8. The quantitative estimate of drug-likeness (QED) is 0.917. The zero-order chi connectivity index (χ0) is 13.0. The van der Waals surface area contributed by atoms with E-state index in [1.807, 2.05) is 12.1 Å². The molecule has 0 fully saturated rings. The van der Waals surface area contributed by atoms with Gasteiger partial charge < -0.3 is 10.5 Å². The standard InChI is InChI=1S/C14H13ClFNO/c15-11-3-1-10(2-4-11)14(9-17)18-13-7-5-12(16)6-8-13/h1-8,14H,9,17H2. The van der Waals surface area contributed by atoms with Crippen molar-refractivity contribution in [2.45, 2.75) is 6.10 Å². The smallest absolute Gasteiger partial charge is 0.136 e. The molecular weight excluding hydrogens is 253 g/mol.